The molecule has 1 fully saturated rings. The van der Waals surface area contributed by atoms with E-state index in [1.165, 1.54) is 0 Å². The molecule has 0 bridgehead atoms. The fourth-order valence-electron chi connectivity index (χ4n) is 1.30. The third-order valence-electron chi connectivity index (χ3n) is 2.33. The summed E-state index contributed by atoms with van der Waals surface area (Å²) in [5, 5.41) is 10.6. The van der Waals surface area contributed by atoms with Crippen molar-refractivity contribution >= 4 is 11.8 Å². The molecule has 2 atom stereocenters. The Morgan fingerprint density at radius 3 is 2.40 bits per heavy atom. The van der Waals surface area contributed by atoms with Gasteiger partial charge in [-0.1, -0.05) is 20.8 Å². The summed E-state index contributed by atoms with van der Waals surface area (Å²) >= 11 is 1.88. The molecular formula is C8H16OS. The zero-order chi connectivity index (χ0) is 7.78. The van der Waals surface area contributed by atoms with Crippen molar-refractivity contribution in [2.45, 2.75) is 38.0 Å². The van der Waals surface area contributed by atoms with Gasteiger partial charge in [-0.25, -0.2) is 0 Å². The van der Waals surface area contributed by atoms with Gasteiger partial charge in [0.1, 0.15) is 0 Å². The maximum absolute atomic E-state index is 9.92. The lowest BCUT2D eigenvalue weighted by molar-refractivity contribution is 0.0175. The molecule has 0 aromatic rings. The Bertz CT molecular complexity index is 124. The van der Waals surface area contributed by atoms with Crippen LogP contribution in [0.5, 0.6) is 0 Å². The minimum absolute atomic E-state index is 0.371. The second-order valence-corrected chi connectivity index (χ2v) is 5.01. The zero-order valence-corrected chi connectivity index (χ0v) is 7.74. The van der Waals surface area contributed by atoms with E-state index in [0.717, 1.165) is 12.2 Å². The molecule has 2 unspecified atom stereocenters. The molecule has 0 radical (unpaired) electrons. The topological polar surface area (TPSA) is 20.2 Å². The highest BCUT2D eigenvalue weighted by Crippen LogP contribution is 2.38. The molecule has 0 saturated carbocycles. The van der Waals surface area contributed by atoms with Gasteiger partial charge in [0.15, 0.2) is 0 Å². The Balaban J connectivity index is 2.54. The summed E-state index contributed by atoms with van der Waals surface area (Å²) in [5.41, 5.74) is -0.371. The van der Waals surface area contributed by atoms with Gasteiger partial charge >= 0.3 is 0 Å². The van der Waals surface area contributed by atoms with E-state index in [4.69, 9.17) is 0 Å². The summed E-state index contributed by atoms with van der Waals surface area (Å²) < 4.78 is 0. The molecule has 0 spiro atoms. The Morgan fingerprint density at radius 2 is 2.20 bits per heavy atom. The van der Waals surface area contributed by atoms with Gasteiger partial charge in [-0.15, -0.1) is 0 Å². The monoisotopic (exact) mass is 160 g/mol. The highest BCUT2D eigenvalue weighted by Gasteiger charge is 2.38. The first-order valence-electron chi connectivity index (χ1n) is 3.88. The van der Waals surface area contributed by atoms with Crippen LogP contribution < -0.4 is 0 Å². The standard InChI is InChI=1S/C8H16OS/c1-6(2)8(9)4-7(3)10-5-8/h6-7,9H,4-5H2,1-3H3. The van der Waals surface area contributed by atoms with Crippen molar-refractivity contribution in [1.82, 2.24) is 0 Å². The number of hydrogen-bond acceptors (Lipinski definition) is 2. The summed E-state index contributed by atoms with van der Waals surface area (Å²) in [6.07, 6.45) is 0.968. The van der Waals surface area contributed by atoms with Gasteiger partial charge in [-0.2, -0.15) is 11.8 Å². The zero-order valence-electron chi connectivity index (χ0n) is 6.92. The first kappa shape index (κ1) is 8.41. The van der Waals surface area contributed by atoms with Crippen LogP contribution in [-0.4, -0.2) is 21.7 Å². The van der Waals surface area contributed by atoms with Gasteiger partial charge in [0, 0.05) is 11.0 Å². The van der Waals surface area contributed by atoms with E-state index >= 15 is 0 Å². The lowest BCUT2D eigenvalue weighted by Crippen LogP contribution is -2.34. The van der Waals surface area contributed by atoms with Crippen molar-refractivity contribution in [3.05, 3.63) is 0 Å². The van der Waals surface area contributed by atoms with E-state index in [9.17, 15) is 5.11 Å². The largest absolute Gasteiger partial charge is 0.389 e. The number of aliphatic hydroxyl groups is 1. The maximum atomic E-state index is 9.92. The molecule has 0 aliphatic carbocycles. The van der Waals surface area contributed by atoms with Gasteiger partial charge in [0.2, 0.25) is 0 Å². The molecule has 1 rings (SSSR count). The lowest BCUT2D eigenvalue weighted by Gasteiger charge is -2.25. The van der Waals surface area contributed by atoms with E-state index < -0.39 is 0 Å². The van der Waals surface area contributed by atoms with Crippen molar-refractivity contribution in [2.75, 3.05) is 5.75 Å². The second-order valence-electron chi connectivity index (χ2n) is 3.58. The third kappa shape index (κ3) is 1.48. The predicted octanol–water partition coefficient (Wildman–Crippen LogP) is 1.90. The normalized spacial score (nSPS) is 41.1. The van der Waals surface area contributed by atoms with Crippen LogP contribution >= 0.6 is 11.8 Å². The van der Waals surface area contributed by atoms with Crippen LogP contribution in [0.3, 0.4) is 0 Å². The summed E-state index contributed by atoms with van der Waals surface area (Å²) in [7, 11) is 0. The summed E-state index contributed by atoms with van der Waals surface area (Å²) in [6.45, 7) is 6.38. The average Bonchev–Trinajstić information content (AvgIpc) is 2.13. The van der Waals surface area contributed by atoms with Gasteiger partial charge in [-0.05, 0) is 12.3 Å². The van der Waals surface area contributed by atoms with Crippen LogP contribution in [0.25, 0.3) is 0 Å². The van der Waals surface area contributed by atoms with Crippen molar-refractivity contribution < 1.29 is 5.11 Å². The molecule has 1 aliphatic heterocycles. The van der Waals surface area contributed by atoms with Crippen LogP contribution in [0.4, 0.5) is 0 Å². The van der Waals surface area contributed by atoms with Gasteiger partial charge < -0.3 is 5.11 Å². The van der Waals surface area contributed by atoms with E-state index in [2.05, 4.69) is 20.8 Å². The van der Waals surface area contributed by atoms with Crippen LogP contribution in [-0.2, 0) is 0 Å². The molecule has 2 heteroatoms. The molecule has 0 aromatic heterocycles. The predicted molar refractivity (Wildman–Crippen MR) is 46.3 cm³/mol. The molecule has 1 N–H and O–H groups in total. The fraction of sp³-hybridized carbons (Fsp3) is 1.00. The third-order valence-corrected chi connectivity index (χ3v) is 3.74. The van der Waals surface area contributed by atoms with Crippen molar-refractivity contribution in [2.24, 2.45) is 5.92 Å². The van der Waals surface area contributed by atoms with Gasteiger partial charge in [-0.3, -0.25) is 0 Å². The van der Waals surface area contributed by atoms with E-state index in [1.807, 2.05) is 11.8 Å². The number of thioether (sulfide) groups is 1. The van der Waals surface area contributed by atoms with E-state index in [0.29, 0.717) is 11.2 Å². The van der Waals surface area contributed by atoms with Crippen LogP contribution in [0.15, 0.2) is 0 Å². The number of hydrogen-bond donors (Lipinski definition) is 1. The second kappa shape index (κ2) is 2.74. The van der Waals surface area contributed by atoms with Crippen LogP contribution in [0, 0.1) is 5.92 Å². The fourth-order valence-corrected chi connectivity index (χ4v) is 2.74. The highest BCUT2D eigenvalue weighted by atomic mass is 32.2. The van der Waals surface area contributed by atoms with Gasteiger partial charge in [0.25, 0.3) is 0 Å². The molecule has 1 aliphatic rings. The smallest absolute Gasteiger partial charge is 0.0771 e. The van der Waals surface area contributed by atoms with Gasteiger partial charge in [0.05, 0.1) is 5.60 Å². The summed E-state index contributed by atoms with van der Waals surface area (Å²) in [4.78, 5) is 0. The minimum Gasteiger partial charge on any atom is -0.389 e. The molecular weight excluding hydrogens is 144 g/mol. The lowest BCUT2D eigenvalue weighted by atomic mass is 9.88. The minimum atomic E-state index is -0.371. The Kier molecular flexibility index (Phi) is 2.31. The highest BCUT2D eigenvalue weighted by molar-refractivity contribution is 8.00. The first-order chi connectivity index (χ1) is 4.54. The van der Waals surface area contributed by atoms with E-state index in [-0.39, 0.29) is 5.60 Å². The molecule has 0 aromatic carbocycles. The number of rotatable bonds is 1. The molecule has 1 nitrogen and oxygen atoms in total. The average molecular weight is 160 g/mol. The molecule has 60 valence electrons. The SMILES string of the molecule is CC1CC(O)(C(C)C)CS1. The Morgan fingerprint density at radius 1 is 1.60 bits per heavy atom. The molecule has 10 heavy (non-hydrogen) atoms. The Labute approximate surface area is 67.2 Å². The van der Waals surface area contributed by atoms with Crippen LogP contribution in [0.1, 0.15) is 27.2 Å². The summed E-state index contributed by atoms with van der Waals surface area (Å²) in [5.74, 6) is 1.33. The van der Waals surface area contributed by atoms with Crippen molar-refractivity contribution in [1.29, 1.82) is 0 Å². The quantitative estimate of drug-likeness (QED) is 0.632. The van der Waals surface area contributed by atoms with Crippen molar-refractivity contribution in [3.63, 3.8) is 0 Å². The molecule has 1 heterocycles. The first-order valence-corrected chi connectivity index (χ1v) is 4.93. The maximum Gasteiger partial charge on any atom is 0.0771 e. The molecule has 1 saturated heterocycles. The van der Waals surface area contributed by atoms with Crippen LogP contribution in [0.2, 0.25) is 0 Å². The van der Waals surface area contributed by atoms with Crippen molar-refractivity contribution in [3.8, 4) is 0 Å². The molecule has 0 amide bonds. The van der Waals surface area contributed by atoms with E-state index in [1.54, 1.807) is 0 Å². The Hall–Kier alpha value is 0.310. The summed E-state index contributed by atoms with van der Waals surface area (Å²) in [6, 6.07) is 0.